The third-order valence-corrected chi connectivity index (χ3v) is 2.74. The Morgan fingerprint density at radius 2 is 2.39 bits per heavy atom. The molecule has 0 bridgehead atoms. The van der Waals surface area contributed by atoms with E-state index in [1.54, 1.807) is 6.08 Å². The van der Waals surface area contributed by atoms with Gasteiger partial charge in [0.1, 0.15) is 5.82 Å². The number of hydrogen-bond acceptors (Lipinski definition) is 2. The molecule has 1 amide bonds. The summed E-state index contributed by atoms with van der Waals surface area (Å²) in [6.45, 7) is 6.13. The molecule has 4 nitrogen and oxygen atoms in total. The zero-order chi connectivity index (χ0) is 13.0. The molecule has 1 aromatic heterocycles. The van der Waals surface area contributed by atoms with Crippen LogP contribution in [0.4, 0.5) is 0 Å². The first kappa shape index (κ1) is 12.4. The maximum atomic E-state index is 11.6. The highest BCUT2D eigenvalue weighted by Crippen LogP contribution is 2.14. The van der Waals surface area contributed by atoms with E-state index in [0.717, 1.165) is 28.8 Å². The summed E-state index contributed by atoms with van der Waals surface area (Å²) in [4.78, 5) is 19.3. The highest BCUT2D eigenvalue weighted by molar-refractivity contribution is 5.81. The number of carbonyl (C=O) groups excluding carboxylic acids is 1. The Bertz CT molecular complexity index is 571. The lowest BCUT2D eigenvalue weighted by Crippen LogP contribution is -2.24. The van der Waals surface area contributed by atoms with Crippen molar-refractivity contribution in [1.29, 1.82) is 0 Å². The normalized spacial score (nSPS) is 10.5. The van der Waals surface area contributed by atoms with Crippen molar-refractivity contribution in [3.05, 3.63) is 42.2 Å². The van der Waals surface area contributed by atoms with E-state index in [-0.39, 0.29) is 5.91 Å². The fourth-order valence-electron chi connectivity index (χ4n) is 1.82. The molecule has 18 heavy (non-hydrogen) atoms. The van der Waals surface area contributed by atoms with Crippen LogP contribution < -0.4 is 5.32 Å². The maximum Gasteiger partial charge on any atom is 0.224 e. The molecule has 0 fully saturated rings. The number of nitrogens with one attached hydrogen (secondary N) is 2. The van der Waals surface area contributed by atoms with E-state index in [1.165, 1.54) is 0 Å². The number of amides is 1. The summed E-state index contributed by atoms with van der Waals surface area (Å²) >= 11 is 0. The monoisotopic (exact) mass is 243 g/mol. The fourth-order valence-corrected chi connectivity index (χ4v) is 1.82. The predicted molar refractivity (Wildman–Crippen MR) is 72.4 cm³/mol. The maximum absolute atomic E-state index is 11.6. The lowest BCUT2D eigenvalue weighted by atomic mass is 10.1. The number of benzene rings is 1. The van der Waals surface area contributed by atoms with Crippen molar-refractivity contribution in [2.45, 2.75) is 19.8 Å². The van der Waals surface area contributed by atoms with Crippen molar-refractivity contribution < 1.29 is 4.79 Å². The number of aryl methyl sites for hydroxylation is 1. The molecule has 2 aromatic rings. The number of rotatable bonds is 5. The summed E-state index contributed by atoms with van der Waals surface area (Å²) in [5.74, 6) is 0.975. The second kappa shape index (κ2) is 5.49. The lowest BCUT2D eigenvalue weighted by Gasteiger charge is -2.02. The van der Waals surface area contributed by atoms with E-state index >= 15 is 0 Å². The van der Waals surface area contributed by atoms with Crippen LogP contribution in [0, 0.1) is 0 Å². The molecule has 0 unspecified atom stereocenters. The largest absolute Gasteiger partial charge is 0.352 e. The summed E-state index contributed by atoms with van der Waals surface area (Å²) in [6.07, 6.45) is 2.93. The number of nitrogens with zero attached hydrogens (tertiary/aromatic N) is 1. The summed E-state index contributed by atoms with van der Waals surface area (Å²) in [5, 5.41) is 2.76. The molecule has 1 heterocycles. The van der Waals surface area contributed by atoms with Crippen LogP contribution >= 0.6 is 0 Å². The Labute approximate surface area is 106 Å². The molecule has 0 radical (unpaired) electrons. The highest BCUT2D eigenvalue weighted by Gasteiger charge is 2.05. The van der Waals surface area contributed by atoms with E-state index in [2.05, 4.69) is 28.8 Å². The van der Waals surface area contributed by atoms with E-state index in [0.29, 0.717) is 13.0 Å². The Kier molecular flexibility index (Phi) is 3.77. The van der Waals surface area contributed by atoms with Crippen LogP contribution in [0.1, 0.15) is 18.3 Å². The number of carbonyl (C=O) groups is 1. The number of fused-ring (bicyclic) bond motifs is 1. The molecule has 0 aliphatic rings. The first-order valence-corrected chi connectivity index (χ1v) is 6.08. The van der Waals surface area contributed by atoms with Crippen LogP contribution in [0.2, 0.25) is 0 Å². The lowest BCUT2D eigenvalue weighted by molar-refractivity contribution is -0.120. The number of aromatic nitrogens is 2. The van der Waals surface area contributed by atoms with Gasteiger partial charge in [-0.25, -0.2) is 4.98 Å². The molecular weight excluding hydrogens is 226 g/mol. The molecule has 94 valence electrons. The van der Waals surface area contributed by atoms with Gasteiger partial charge in [0, 0.05) is 13.0 Å². The van der Waals surface area contributed by atoms with E-state index in [9.17, 15) is 4.79 Å². The third-order valence-electron chi connectivity index (χ3n) is 2.74. The van der Waals surface area contributed by atoms with Crippen molar-refractivity contribution in [2.75, 3.05) is 6.54 Å². The zero-order valence-electron chi connectivity index (χ0n) is 10.5. The minimum atomic E-state index is 0.00415. The van der Waals surface area contributed by atoms with Crippen molar-refractivity contribution >= 4 is 16.9 Å². The summed E-state index contributed by atoms with van der Waals surface area (Å²) in [5.41, 5.74) is 2.92. The van der Waals surface area contributed by atoms with Gasteiger partial charge in [0.05, 0.1) is 17.5 Å². The fraction of sp³-hybridized carbons (Fsp3) is 0.286. The highest BCUT2D eigenvalue weighted by atomic mass is 16.1. The van der Waals surface area contributed by atoms with E-state index < -0.39 is 0 Å². The van der Waals surface area contributed by atoms with Crippen LogP contribution in [0.25, 0.3) is 11.0 Å². The Hall–Kier alpha value is -2.10. The van der Waals surface area contributed by atoms with Gasteiger partial charge in [0.2, 0.25) is 5.91 Å². The smallest absolute Gasteiger partial charge is 0.224 e. The molecule has 0 aliphatic carbocycles. The standard InChI is InChI=1S/C14H17N3O/c1-3-7-15-14(18)9-10-5-6-11-12(8-10)17-13(4-2)16-11/h3,5-6,8H,1,4,7,9H2,2H3,(H,15,18)(H,16,17). The van der Waals surface area contributed by atoms with Gasteiger partial charge in [0.15, 0.2) is 0 Å². The molecule has 4 heteroatoms. The van der Waals surface area contributed by atoms with Crippen LogP contribution in [0.5, 0.6) is 0 Å². The SMILES string of the molecule is C=CCNC(=O)Cc1ccc2nc(CC)[nH]c2c1. The number of H-pyrrole nitrogens is 1. The Morgan fingerprint density at radius 3 is 3.11 bits per heavy atom. The van der Waals surface area contributed by atoms with E-state index in [4.69, 9.17) is 0 Å². The topological polar surface area (TPSA) is 57.8 Å². The molecule has 1 aromatic carbocycles. The third kappa shape index (κ3) is 2.77. The number of imidazole rings is 1. The van der Waals surface area contributed by atoms with Gasteiger partial charge >= 0.3 is 0 Å². The van der Waals surface area contributed by atoms with Gasteiger partial charge in [-0.1, -0.05) is 19.1 Å². The van der Waals surface area contributed by atoms with Gasteiger partial charge in [0.25, 0.3) is 0 Å². The number of aromatic amines is 1. The van der Waals surface area contributed by atoms with Crippen molar-refractivity contribution in [2.24, 2.45) is 0 Å². The van der Waals surface area contributed by atoms with Crippen molar-refractivity contribution in [3.8, 4) is 0 Å². The minimum absolute atomic E-state index is 0.00415. The molecule has 2 N–H and O–H groups in total. The van der Waals surface area contributed by atoms with Crippen LogP contribution in [-0.2, 0) is 17.6 Å². The average Bonchev–Trinajstić information content (AvgIpc) is 2.78. The summed E-state index contributed by atoms with van der Waals surface area (Å²) in [7, 11) is 0. The number of hydrogen-bond donors (Lipinski definition) is 2. The molecule has 0 aliphatic heterocycles. The Balaban J connectivity index is 2.14. The first-order valence-electron chi connectivity index (χ1n) is 6.08. The second-order valence-corrected chi connectivity index (χ2v) is 4.16. The van der Waals surface area contributed by atoms with Crippen LogP contribution in [0.15, 0.2) is 30.9 Å². The first-order chi connectivity index (χ1) is 8.72. The van der Waals surface area contributed by atoms with Gasteiger partial charge < -0.3 is 10.3 Å². The minimum Gasteiger partial charge on any atom is -0.352 e. The Morgan fingerprint density at radius 1 is 1.56 bits per heavy atom. The van der Waals surface area contributed by atoms with Crippen LogP contribution in [0.3, 0.4) is 0 Å². The van der Waals surface area contributed by atoms with Crippen molar-refractivity contribution in [1.82, 2.24) is 15.3 Å². The summed E-state index contributed by atoms with van der Waals surface area (Å²) in [6, 6.07) is 5.87. The van der Waals surface area contributed by atoms with Gasteiger partial charge in [-0.05, 0) is 17.7 Å². The molecule has 0 saturated carbocycles. The van der Waals surface area contributed by atoms with Crippen LogP contribution in [-0.4, -0.2) is 22.4 Å². The molecule has 0 saturated heterocycles. The van der Waals surface area contributed by atoms with Gasteiger partial charge in [-0.15, -0.1) is 6.58 Å². The van der Waals surface area contributed by atoms with Crippen molar-refractivity contribution in [3.63, 3.8) is 0 Å². The molecular formula is C14H17N3O. The second-order valence-electron chi connectivity index (χ2n) is 4.16. The van der Waals surface area contributed by atoms with Gasteiger partial charge in [-0.3, -0.25) is 4.79 Å². The molecule has 0 atom stereocenters. The van der Waals surface area contributed by atoms with E-state index in [1.807, 2.05) is 18.2 Å². The summed E-state index contributed by atoms with van der Waals surface area (Å²) < 4.78 is 0. The van der Waals surface area contributed by atoms with Gasteiger partial charge in [-0.2, -0.15) is 0 Å². The quantitative estimate of drug-likeness (QED) is 0.789. The molecule has 2 rings (SSSR count). The average molecular weight is 243 g/mol. The molecule has 0 spiro atoms. The predicted octanol–water partition coefficient (Wildman–Crippen LogP) is 1.97. The zero-order valence-corrected chi connectivity index (χ0v) is 10.5.